The number of rotatable bonds is 7. The lowest BCUT2D eigenvalue weighted by Gasteiger charge is -2.33. The molecule has 1 N–H and O–H groups in total. The molecule has 6 heteroatoms. The molecule has 3 aromatic carbocycles. The zero-order chi connectivity index (χ0) is 22.3. The first-order chi connectivity index (χ1) is 15.6. The van der Waals surface area contributed by atoms with Crippen LogP contribution in [0, 0.1) is 5.92 Å². The van der Waals surface area contributed by atoms with Gasteiger partial charge in [0.05, 0.1) is 5.92 Å². The second-order valence-electron chi connectivity index (χ2n) is 7.64. The normalized spacial score (nSPS) is 16.4. The molecular formula is C26H24N2O3S. The smallest absolute Gasteiger partial charge is 0.248 e. The summed E-state index contributed by atoms with van der Waals surface area (Å²) in [4.78, 5) is 40.6. The van der Waals surface area contributed by atoms with Crippen LogP contribution in [0.2, 0.25) is 0 Å². The summed E-state index contributed by atoms with van der Waals surface area (Å²) in [6.45, 7) is 0.359. The van der Waals surface area contributed by atoms with E-state index in [4.69, 9.17) is 0 Å². The van der Waals surface area contributed by atoms with Crippen LogP contribution in [0.1, 0.15) is 23.6 Å². The highest BCUT2D eigenvalue weighted by Gasteiger charge is 2.39. The van der Waals surface area contributed by atoms with Gasteiger partial charge in [0.1, 0.15) is 6.04 Å². The van der Waals surface area contributed by atoms with Gasteiger partial charge in [-0.25, -0.2) is 0 Å². The molecule has 0 bridgehead atoms. The van der Waals surface area contributed by atoms with Crippen molar-refractivity contribution in [3.05, 3.63) is 102 Å². The minimum atomic E-state index is -0.851. The van der Waals surface area contributed by atoms with Crippen molar-refractivity contribution >= 4 is 34.4 Å². The van der Waals surface area contributed by atoms with Gasteiger partial charge in [-0.05, 0) is 23.3 Å². The molecular weight excluding hydrogens is 420 g/mol. The minimum Gasteiger partial charge on any atom is -0.350 e. The number of thioether (sulfide) groups is 1. The summed E-state index contributed by atoms with van der Waals surface area (Å²) in [5.41, 5.74) is 2.32. The Hall–Kier alpha value is -3.38. The maximum absolute atomic E-state index is 13.7. The van der Waals surface area contributed by atoms with Crippen LogP contribution >= 0.6 is 11.8 Å². The maximum atomic E-state index is 13.7. The highest BCUT2D eigenvalue weighted by molar-refractivity contribution is 8.14. The first-order valence-corrected chi connectivity index (χ1v) is 11.5. The lowest BCUT2D eigenvalue weighted by molar-refractivity contribution is -0.128. The van der Waals surface area contributed by atoms with Crippen molar-refractivity contribution in [2.45, 2.75) is 19.0 Å². The second-order valence-corrected chi connectivity index (χ2v) is 8.72. The van der Waals surface area contributed by atoms with Crippen LogP contribution in [0.3, 0.4) is 0 Å². The Morgan fingerprint density at radius 1 is 0.906 bits per heavy atom. The van der Waals surface area contributed by atoms with Gasteiger partial charge in [-0.3, -0.25) is 19.3 Å². The van der Waals surface area contributed by atoms with E-state index in [0.717, 1.165) is 5.56 Å². The van der Waals surface area contributed by atoms with Crippen molar-refractivity contribution in [1.82, 2.24) is 5.32 Å². The number of benzene rings is 3. The largest absolute Gasteiger partial charge is 0.350 e. The standard InChI is InChI=1S/C26H24N2O3S/c29-23-16-21(18-32-23)26(31)28(22-14-8-3-9-15-22)24(20-12-6-2-7-13-20)25(30)27-17-19-10-4-1-5-11-19/h1-15,21,24H,16-18H2,(H,27,30)/t21-,24-/m0/s1. The Kier molecular flexibility index (Phi) is 7.02. The molecule has 2 atom stereocenters. The zero-order valence-corrected chi connectivity index (χ0v) is 18.3. The summed E-state index contributed by atoms with van der Waals surface area (Å²) in [5.74, 6) is -0.484. The Labute approximate surface area is 191 Å². The maximum Gasteiger partial charge on any atom is 0.248 e. The molecule has 0 saturated carbocycles. The van der Waals surface area contributed by atoms with Crippen molar-refractivity contribution in [2.75, 3.05) is 10.7 Å². The van der Waals surface area contributed by atoms with E-state index in [0.29, 0.717) is 23.5 Å². The summed E-state index contributed by atoms with van der Waals surface area (Å²) in [5, 5.41) is 3.01. The van der Waals surface area contributed by atoms with E-state index in [2.05, 4.69) is 5.32 Å². The SMILES string of the molecule is O=C1C[C@H](C(=O)N(c2ccccc2)[C@H](C(=O)NCc2ccccc2)c2ccccc2)CS1. The van der Waals surface area contributed by atoms with Crippen LogP contribution < -0.4 is 10.2 Å². The number of hydrogen-bond acceptors (Lipinski definition) is 4. The van der Waals surface area contributed by atoms with Crippen LogP contribution in [0.4, 0.5) is 5.69 Å². The van der Waals surface area contributed by atoms with E-state index in [1.165, 1.54) is 11.8 Å². The van der Waals surface area contributed by atoms with Gasteiger partial charge >= 0.3 is 0 Å². The third kappa shape index (κ3) is 5.08. The van der Waals surface area contributed by atoms with Crippen LogP contribution in [0.15, 0.2) is 91.0 Å². The topological polar surface area (TPSA) is 66.5 Å². The number of carbonyl (C=O) groups is 3. The van der Waals surface area contributed by atoms with E-state index in [-0.39, 0.29) is 23.4 Å². The van der Waals surface area contributed by atoms with E-state index in [1.54, 1.807) is 4.90 Å². The predicted molar refractivity (Wildman–Crippen MR) is 127 cm³/mol. The highest BCUT2D eigenvalue weighted by Crippen LogP contribution is 2.34. The lowest BCUT2D eigenvalue weighted by atomic mass is 9.99. The number of nitrogens with one attached hydrogen (secondary N) is 1. The lowest BCUT2D eigenvalue weighted by Crippen LogP contribution is -2.46. The molecule has 1 aliphatic rings. The summed E-state index contributed by atoms with van der Waals surface area (Å²) < 4.78 is 0. The zero-order valence-electron chi connectivity index (χ0n) is 17.5. The van der Waals surface area contributed by atoms with Gasteiger partial charge in [0.15, 0.2) is 5.12 Å². The Bertz CT molecular complexity index is 1070. The fraction of sp³-hybridized carbons (Fsp3) is 0.192. The average Bonchev–Trinajstić information content (AvgIpc) is 3.28. The first kappa shape index (κ1) is 21.8. The molecule has 1 heterocycles. The van der Waals surface area contributed by atoms with Crippen LogP contribution in [-0.4, -0.2) is 22.7 Å². The van der Waals surface area contributed by atoms with Gasteiger partial charge in [-0.1, -0.05) is 90.6 Å². The van der Waals surface area contributed by atoms with E-state index in [1.807, 2.05) is 91.0 Å². The Morgan fingerprint density at radius 2 is 1.50 bits per heavy atom. The second kappa shape index (κ2) is 10.3. The third-order valence-corrected chi connectivity index (χ3v) is 6.47. The van der Waals surface area contributed by atoms with Crippen LogP contribution in [0.25, 0.3) is 0 Å². The average molecular weight is 445 g/mol. The minimum absolute atomic E-state index is 0.0150. The molecule has 3 aromatic rings. The highest BCUT2D eigenvalue weighted by atomic mass is 32.2. The fourth-order valence-corrected chi connectivity index (χ4v) is 4.76. The molecule has 0 unspecified atom stereocenters. The number of carbonyl (C=O) groups excluding carboxylic acids is 3. The number of nitrogens with zero attached hydrogens (tertiary/aromatic N) is 1. The first-order valence-electron chi connectivity index (χ1n) is 10.5. The molecule has 1 saturated heterocycles. The predicted octanol–water partition coefficient (Wildman–Crippen LogP) is 4.36. The van der Waals surface area contributed by atoms with Gasteiger partial charge in [0.2, 0.25) is 11.8 Å². The third-order valence-electron chi connectivity index (χ3n) is 5.41. The summed E-state index contributed by atoms with van der Waals surface area (Å²) in [7, 11) is 0. The van der Waals surface area contributed by atoms with E-state index in [9.17, 15) is 14.4 Å². The van der Waals surface area contributed by atoms with Gasteiger partial charge in [0, 0.05) is 24.4 Å². The fourth-order valence-electron chi connectivity index (χ4n) is 3.79. The number of anilines is 1. The molecule has 0 spiro atoms. The van der Waals surface area contributed by atoms with Crippen LogP contribution in [-0.2, 0) is 20.9 Å². The number of amides is 2. The van der Waals surface area contributed by atoms with Gasteiger partial charge < -0.3 is 5.32 Å². The molecule has 2 amide bonds. The van der Waals surface area contributed by atoms with Crippen LogP contribution in [0.5, 0.6) is 0 Å². The molecule has 32 heavy (non-hydrogen) atoms. The summed E-state index contributed by atoms with van der Waals surface area (Å²) in [6, 6.07) is 27.3. The molecule has 1 fully saturated rings. The Morgan fingerprint density at radius 3 is 2.09 bits per heavy atom. The molecule has 0 aliphatic carbocycles. The molecule has 0 aromatic heterocycles. The molecule has 4 rings (SSSR count). The number of hydrogen-bond donors (Lipinski definition) is 1. The molecule has 162 valence electrons. The van der Waals surface area contributed by atoms with Crippen molar-refractivity contribution < 1.29 is 14.4 Å². The van der Waals surface area contributed by atoms with Gasteiger partial charge in [-0.2, -0.15) is 0 Å². The van der Waals surface area contributed by atoms with Crippen molar-refractivity contribution in [3.8, 4) is 0 Å². The van der Waals surface area contributed by atoms with Crippen molar-refractivity contribution in [1.29, 1.82) is 0 Å². The molecule has 5 nitrogen and oxygen atoms in total. The summed E-state index contributed by atoms with van der Waals surface area (Å²) in [6.07, 6.45) is 0.194. The number of para-hydroxylation sites is 1. The summed E-state index contributed by atoms with van der Waals surface area (Å²) >= 11 is 1.18. The monoisotopic (exact) mass is 444 g/mol. The van der Waals surface area contributed by atoms with Gasteiger partial charge in [-0.15, -0.1) is 0 Å². The molecule has 1 aliphatic heterocycles. The quantitative estimate of drug-likeness (QED) is 0.588. The van der Waals surface area contributed by atoms with Gasteiger partial charge in [0.25, 0.3) is 0 Å². The van der Waals surface area contributed by atoms with Crippen molar-refractivity contribution in [3.63, 3.8) is 0 Å². The molecule has 0 radical (unpaired) electrons. The Balaban J connectivity index is 1.70. The van der Waals surface area contributed by atoms with E-state index < -0.39 is 12.0 Å². The van der Waals surface area contributed by atoms with Crippen molar-refractivity contribution in [2.24, 2.45) is 5.92 Å². The van der Waals surface area contributed by atoms with E-state index >= 15 is 0 Å².